The molecule has 2 aromatic heterocycles. The van der Waals surface area contributed by atoms with Gasteiger partial charge in [-0.05, 0) is 64.7 Å². The van der Waals surface area contributed by atoms with Crippen LogP contribution in [0.15, 0.2) is 29.2 Å². The number of anilines is 3. The maximum absolute atomic E-state index is 12.7. The molecule has 9 heteroatoms. The fourth-order valence-corrected chi connectivity index (χ4v) is 4.75. The molecule has 1 amide bonds. The summed E-state index contributed by atoms with van der Waals surface area (Å²) in [5, 5.41) is 3.60. The van der Waals surface area contributed by atoms with Crippen molar-refractivity contribution in [2.75, 3.05) is 29.9 Å². The van der Waals surface area contributed by atoms with Crippen LogP contribution in [0.1, 0.15) is 39.3 Å². The van der Waals surface area contributed by atoms with Crippen LogP contribution in [0.3, 0.4) is 0 Å². The average Bonchev–Trinajstić information content (AvgIpc) is 3.08. The Morgan fingerprint density at radius 2 is 1.97 bits per heavy atom. The van der Waals surface area contributed by atoms with Crippen LogP contribution in [0.4, 0.5) is 22.0 Å². The maximum Gasteiger partial charge on any atom is 0.410 e. The molecule has 178 valence electrons. The third-order valence-corrected chi connectivity index (χ3v) is 6.74. The number of ether oxygens (including phenoxy) is 1. The molecule has 0 aliphatic carbocycles. The van der Waals surface area contributed by atoms with E-state index in [-0.39, 0.29) is 17.7 Å². The van der Waals surface area contributed by atoms with Gasteiger partial charge in [-0.2, -0.15) is 0 Å². The standard InChI is InChI=1S/C24H32ClN5O3/c1-15-19(25)10-20(22(31)28(15)5)27-21-9-8-17(11-26-21)30-13-16-6-7-18(30)14-29(12-16)23(32)33-24(2,3)4/h8-11,16,18H,6-7,12-14H2,1-5H3,(H,26,27). The minimum absolute atomic E-state index is 0.158. The van der Waals surface area contributed by atoms with Crippen molar-refractivity contribution < 1.29 is 9.53 Å². The van der Waals surface area contributed by atoms with Gasteiger partial charge in [-0.1, -0.05) is 11.6 Å². The van der Waals surface area contributed by atoms with Crippen LogP contribution < -0.4 is 15.8 Å². The zero-order valence-corrected chi connectivity index (χ0v) is 20.6. The van der Waals surface area contributed by atoms with Gasteiger partial charge in [0.25, 0.3) is 5.56 Å². The molecule has 3 saturated heterocycles. The second-order valence-corrected chi connectivity index (χ2v) is 10.4. The molecule has 3 aliphatic rings. The highest BCUT2D eigenvalue weighted by molar-refractivity contribution is 6.31. The van der Waals surface area contributed by atoms with Crippen LogP contribution in [0, 0.1) is 12.8 Å². The average molecular weight is 474 g/mol. The van der Waals surface area contributed by atoms with E-state index in [1.165, 1.54) is 4.57 Å². The van der Waals surface area contributed by atoms with Crippen molar-refractivity contribution in [2.45, 2.75) is 52.2 Å². The molecule has 5 heterocycles. The number of amides is 1. The number of halogens is 1. The first-order chi connectivity index (χ1) is 15.5. The van der Waals surface area contributed by atoms with Gasteiger partial charge in [0.1, 0.15) is 17.1 Å². The minimum Gasteiger partial charge on any atom is -0.444 e. The van der Waals surface area contributed by atoms with Crippen molar-refractivity contribution in [3.63, 3.8) is 0 Å². The number of piperidine rings is 1. The quantitative estimate of drug-likeness (QED) is 0.715. The summed E-state index contributed by atoms with van der Waals surface area (Å²) < 4.78 is 7.13. The molecule has 5 rings (SSSR count). The third kappa shape index (κ3) is 5.11. The number of aromatic nitrogens is 2. The van der Waals surface area contributed by atoms with Crippen LogP contribution in [0.25, 0.3) is 0 Å². The summed E-state index contributed by atoms with van der Waals surface area (Å²) in [5.41, 5.74) is 1.45. The molecule has 2 atom stereocenters. The molecule has 33 heavy (non-hydrogen) atoms. The fourth-order valence-electron chi connectivity index (χ4n) is 4.52. The lowest BCUT2D eigenvalue weighted by Gasteiger charge is -2.37. The van der Waals surface area contributed by atoms with Gasteiger partial charge in [0.15, 0.2) is 0 Å². The highest BCUT2D eigenvalue weighted by Gasteiger charge is 2.38. The number of carbonyl (C=O) groups is 1. The highest BCUT2D eigenvalue weighted by Crippen LogP contribution is 2.33. The van der Waals surface area contributed by atoms with Crippen LogP contribution in [0.5, 0.6) is 0 Å². The van der Waals surface area contributed by atoms with Gasteiger partial charge in [0.2, 0.25) is 0 Å². The van der Waals surface area contributed by atoms with Crippen LogP contribution >= 0.6 is 11.6 Å². The van der Waals surface area contributed by atoms with Crippen molar-refractivity contribution in [3.8, 4) is 0 Å². The summed E-state index contributed by atoms with van der Waals surface area (Å²) in [4.78, 5) is 33.9. The van der Waals surface area contributed by atoms with Gasteiger partial charge in [-0.3, -0.25) is 4.79 Å². The van der Waals surface area contributed by atoms with E-state index < -0.39 is 5.60 Å². The molecular weight excluding hydrogens is 442 g/mol. The number of hydrogen-bond donors (Lipinski definition) is 1. The summed E-state index contributed by atoms with van der Waals surface area (Å²) in [6, 6.07) is 5.73. The third-order valence-electron chi connectivity index (χ3n) is 6.36. The number of nitrogens with one attached hydrogen (secondary N) is 1. The second kappa shape index (κ2) is 8.89. The Morgan fingerprint density at radius 1 is 1.21 bits per heavy atom. The van der Waals surface area contributed by atoms with Crippen molar-refractivity contribution in [2.24, 2.45) is 13.0 Å². The second-order valence-electron chi connectivity index (χ2n) is 10.0. The fraction of sp³-hybridized carbons (Fsp3) is 0.542. The van der Waals surface area contributed by atoms with Crippen molar-refractivity contribution >= 4 is 34.9 Å². The molecule has 0 radical (unpaired) electrons. The molecule has 0 saturated carbocycles. The molecule has 2 unspecified atom stereocenters. The van der Waals surface area contributed by atoms with Crippen LogP contribution in [0.2, 0.25) is 5.02 Å². The number of hydrogen-bond acceptors (Lipinski definition) is 6. The maximum atomic E-state index is 12.7. The van der Waals surface area contributed by atoms with E-state index in [0.717, 1.165) is 25.1 Å². The first-order valence-corrected chi connectivity index (χ1v) is 11.7. The predicted molar refractivity (Wildman–Crippen MR) is 131 cm³/mol. The smallest absolute Gasteiger partial charge is 0.410 e. The molecule has 3 aliphatic heterocycles. The number of pyridine rings is 2. The molecule has 8 nitrogen and oxygen atoms in total. The monoisotopic (exact) mass is 473 g/mol. The first-order valence-electron chi connectivity index (χ1n) is 11.4. The number of carbonyl (C=O) groups excluding carboxylic acids is 1. The van der Waals surface area contributed by atoms with E-state index in [9.17, 15) is 9.59 Å². The summed E-state index contributed by atoms with van der Waals surface area (Å²) in [6.45, 7) is 9.73. The topological polar surface area (TPSA) is 79.7 Å². The molecular formula is C24H32ClN5O3. The van der Waals surface area contributed by atoms with Gasteiger partial charge in [0.05, 0.1) is 16.9 Å². The lowest BCUT2D eigenvalue weighted by molar-refractivity contribution is 0.0243. The van der Waals surface area contributed by atoms with Crippen molar-refractivity contribution in [1.29, 1.82) is 0 Å². The van der Waals surface area contributed by atoms with E-state index in [2.05, 4.69) is 15.2 Å². The summed E-state index contributed by atoms with van der Waals surface area (Å²) >= 11 is 6.24. The Labute approximate surface area is 199 Å². The Kier molecular flexibility index (Phi) is 6.31. The van der Waals surface area contributed by atoms with Gasteiger partial charge in [0, 0.05) is 38.4 Å². The zero-order valence-electron chi connectivity index (χ0n) is 19.9. The first kappa shape index (κ1) is 23.4. The lowest BCUT2D eigenvalue weighted by atomic mass is 9.94. The Balaban J connectivity index is 1.49. The molecule has 2 aromatic rings. The van der Waals surface area contributed by atoms with Crippen molar-refractivity contribution in [1.82, 2.24) is 14.5 Å². The van der Waals surface area contributed by atoms with E-state index in [4.69, 9.17) is 16.3 Å². The molecule has 1 N–H and O–H groups in total. The highest BCUT2D eigenvalue weighted by atomic mass is 35.5. The van der Waals surface area contributed by atoms with E-state index >= 15 is 0 Å². The van der Waals surface area contributed by atoms with Gasteiger partial charge >= 0.3 is 6.09 Å². The Bertz CT molecular complexity index is 1090. The normalized spacial score (nSPS) is 20.5. The van der Waals surface area contributed by atoms with Gasteiger partial charge in [-0.25, -0.2) is 9.78 Å². The van der Waals surface area contributed by atoms with E-state index in [1.54, 1.807) is 20.0 Å². The molecule has 0 aromatic carbocycles. The predicted octanol–water partition coefficient (Wildman–Crippen LogP) is 4.32. The van der Waals surface area contributed by atoms with Gasteiger partial charge < -0.3 is 24.4 Å². The van der Waals surface area contributed by atoms with Crippen LogP contribution in [-0.2, 0) is 11.8 Å². The van der Waals surface area contributed by atoms with Crippen molar-refractivity contribution in [3.05, 3.63) is 45.5 Å². The number of nitrogens with zero attached hydrogens (tertiary/aromatic N) is 4. The molecule has 0 spiro atoms. The lowest BCUT2D eigenvalue weighted by Crippen LogP contribution is -2.45. The SMILES string of the molecule is Cc1c(Cl)cc(Nc2ccc(N3CC4CCC3CN(C(=O)OC(C)(C)C)C4)cn2)c(=O)n1C. The molecule has 2 bridgehead atoms. The van der Waals surface area contributed by atoms with Gasteiger partial charge in [-0.15, -0.1) is 0 Å². The minimum atomic E-state index is -0.502. The Hall–Kier alpha value is -2.74. The number of fused-ring (bicyclic) bond motifs is 4. The van der Waals surface area contributed by atoms with E-state index in [0.29, 0.717) is 41.2 Å². The largest absolute Gasteiger partial charge is 0.444 e. The number of rotatable bonds is 3. The summed E-state index contributed by atoms with van der Waals surface area (Å²) in [5.74, 6) is 0.970. The van der Waals surface area contributed by atoms with Crippen LogP contribution in [-0.4, -0.2) is 51.8 Å². The van der Waals surface area contributed by atoms with E-state index in [1.807, 2.05) is 44.0 Å². The zero-order chi connectivity index (χ0) is 23.9. The summed E-state index contributed by atoms with van der Waals surface area (Å²) in [7, 11) is 1.69. The Morgan fingerprint density at radius 3 is 2.64 bits per heavy atom. The molecule has 3 fully saturated rings. The summed E-state index contributed by atoms with van der Waals surface area (Å²) in [6.07, 6.45) is 3.71.